The van der Waals surface area contributed by atoms with E-state index in [1.165, 1.54) is 25.7 Å². The molecule has 1 nitrogen and oxygen atoms in total. The number of allylic oxidation sites excluding steroid dienone is 1. The Kier molecular flexibility index (Phi) is 3.30. The zero-order valence-electron chi connectivity index (χ0n) is 9.49. The van der Waals surface area contributed by atoms with E-state index in [9.17, 15) is 5.11 Å². The molecule has 2 fully saturated rings. The van der Waals surface area contributed by atoms with Gasteiger partial charge in [0, 0.05) is 0 Å². The van der Waals surface area contributed by atoms with Crippen molar-refractivity contribution in [3.05, 3.63) is 24.8 Å². The first kappa shape index (κ1) is 10.9. The standard InChI is InChI=1S/C14H22O/c1-3-4-5-14(15)10(2)13-9-11-6-7-12(13)8-11/h3,11-15H,1-2,4-9H2. The van der Waals surface area contributed by atoms with E-state index in [0.717, 1.165) is 30.3 Å². The summed E-state index contributed by atoms with van der Waals surface area (Å²) in [7, 11) is 0. The zero-order valence-corrected chi connectivity index (χ0v) is 9.49. The lowest BCUT2D eigenvalue weighted by atomic mass is 9.81. The van der Waals surface area contributed by atoms with Gasteiger partial charge >= 0.3 is 0 Å². The molecule has 15 heavy (non-hydrogen) atoms. The van der Waals surface area contributed by atoms with E-state index in [1.807, 2.05) is 6.08 Å². The van der Waals surface area contributed by atoms with Gasteiger partial charge in [-0.25, -0.2) is 0 Å². The van der Waals surface area contributed by atoms with Crippen LogP contribution in [0.3, 0.4) is 0 Å². The van der Waals surface area contributed by atoms with Crippen molar-refractivity contribution in [1.82, 2.24) is 0 Å². The molecule has 0 heterocycles. The first-order chi connectivity index (χ1) is 7.22. The van der Waals surface area contributed by atoms with Gasteiger partial charge in [0.2, 0.25) is 0 Å². The lowest BCUT2D eigenvalue weighted by Gasteiger charge is -2.26. The van der Waals surface area contributed by atoms with Crippen molar-refractivity contribution in [3.8, 4) is 0 Å². The highest BCUT2D eigenvalue weighted by Crippen LogP contribution is 2.51. The average Bonchev–Trinajstić information content (AvgIpc) is 2.86. The van der Waals surface area contributed by atoms with Gasteiger partial charge in [-0.05, 0) is 55.4 Å². The zero-order chi connectivity index (χ0) is 10.8. The number of fused-ring (bicyclic) bond motifs is 2. The van der Waals surface area contributed by atoms with Crippen molar-refractivity contribution in [3.63, 3.8) is 0 Å². The van der Waals surface area contributed by atoms with E-state index in [4.69, 9.17) is 0 Å². The van der Waals surface area contributed by atoms with Gasteiger partial charge in [-0.3, -0.25) is 0 Å². The normalized spacial score (nSPS) is 35.4. The molecule has 84 valence electrons. The van der Waals surface area contributed by atoms with E-state index in [1.54, 1.807) is 0 Å². The number of hydrogen-bond acceptors (Lipinski definition) is 1. The summed E-state index contributed by atoms with van der Waals surface area (Å²) in [5, 5.41) is 9.99. The molecule has 2 rings (SSSR count). The Morgan fingerprint density at radius 1 is 1.40 bits per heavy atom. The summed E-state index contributed by atoms with van der Waals surface area (Å²) in [6, 6.07) is 0. The molecule has 1 N–H and O–H groups in total. The second kappa shape index (κ2) is 4.52. The second-order valence-electron chi connectivity index (χ2n) is 5.24. The maximum Gasteiger partial charge on any atom is 0.0753 e. The molecule has 4 unspecified atom stereocenters. The lowest BCUT2D eigenvalue weighted by Crippen LogP contribution is -2.21. The predicted octanol–water partition coefficient (Wildman–Crippen LogP) is 3.31. The Morgan fingerprint density at radius 2 is 2.20 bits per heavy atom. The van der Waals surface area contributed by atoms with E-state index >= 15 is 0 Å². The van der Waals surface area contributed by atoms with Crippen LogP contribution in [0.4, 0.5) is 0 Å². The van der Waals surface area contributed by atoms with Crippen molar-refractivity contribution < 1.29 is 5.11 Å². The highest BCUT2D eigenvalue weighted by Gasteiger charge is 2.41. The highest BCUT2D eigenvalue weighted by atomic mass is 16.3. The summed E-state index contributed by atoms with van der Waals surface area (Å²) in [5.41, 5.74) is 1.10. The van der Waals surface area contributed by atoms with Crippen LogP contribution < -0.4 is 0 Å². The smallest absolute Gasteiger partial charge is 0.0753 e. The molecule has 0 saturated heterocycles. The van der Waals surface area contributed by atoms with Crippen LogP contribution in [-0.2, 0) is 0 Å². The third-order valence-corrected chi connectivity index (χ3v) is 4.29. The molecule has 0 radical (unpaired) electrons. The topological polar surface area (TPSA) is 20.2 Å². The van der Waals surface area contributed by atoms with E-state index in [2.05, 4.69) is 13.2 Å². The summed E-state index contributed by atoms with van der Waals surface area (Å²) in [6.07, 6.45) is 8.72. The van der Waals surface area contributed by atoms with Crippen LogP contribution in [-0.4, -0.2) is 11.2 Å². The number of aliphatic hydroxyl groups is 1. The van der Waals surface area contributed by atoms with E-state index < -0.39 is 0 Å². The van der Waals surface area contributed by atoms with Crippen molar-refractivity contribution in [1.29, 1.82) is 0 Å². The first-order valence-electron chi connectivity index (χ1n) is 6.20. The maximum atomic E-state index is 9.99. The van der Waals surface area contributed by atoms with Gasteiger partial charge in [0.05, 0.1) is 6.10 Å². The average molecular weight is 206 g/mol. The van der Waals surface area contributed by atoms with E-state index in [-0.39, 0.29) is 6.10 Å². The fraction of sp³-hybridized carbons (Fsp3) is 0.714. The summed E-state index contributed by atoms with van der Waals surface area (Å²) in [4.78, 5) is 0. The predicted molar refractivity (Wildman–Crippen MR) is 63.5 cm³/mol. The number of aliphatic hydroxyl groups excluding tert-OH is 1. The molecule has 0 aromatic carbocycles. The molecule has 0 aromatic rings. The van der Waals surface area contributed by atoms with E-state index in [0.29, 0.717) is 5.92 Å². The van der Waals surface area contributed by atoms with Crippen LogP contribution >= 0.6 is 0 Å². The molecule has 2 aliphatic carbocycles. The highest BCUT2D eigenvalue weighted by molar-refractivity contribution is 5.13. The van der Waals surface area contributed by atoms with Crippen molar-refractivity contribution in [2.24, 2.45) is 17.8 Å². The fourth-order valence-electron chi connectivity index (χ4n) is 3.41. The van der Waals surface area contributed by atoms with Crippen LogP contribution in [0.5, 0.6) is 0 Å². The minimum atomic E-state index is -0.299. The minimum absolute atomic E-state index is 0.299. The van der Waals surface area contributed by atoms with Crippen LogP contribution in [0.25, 0.3) is 0 Å². The molecule has 1 heteroatoms. The van der Waals surface area contributed by atoms with Gasteiger partial charge in [-0.2, -0.15) is 0 Å². The molecule has 2 saturated carbocycles. The van der Waals surface area contributed by atoms with Gasteiger partial charge in [-0.15, -0.1) is 6.58 Å². The molecule has 4 atom stereocenters. The third-order valence-electron chi connectivity index (χ3n) is 4.29. The van der Waals surface area contributed by atoms with Crippen molar-refractivity contribution >= 4 is 0 Å². The number of hydrogen-bond donors (Lipinski definition) is 1. The quantitative estimate of drug-likeness (QED) is 0.684. The van der Waals surface area contributed by atoms with Gasteiger partial charge in [0.1, 0.15) is 0 Å². The molecule has 0 aromatic heterocycles. The summed E-state index contributed by atoms with van der Waals surface area (Å²) < 4.78 is 0. The largest absolute Gasteiger partial charge is 0.389 e. The Bertz CT molecular complexity index is 256. The Hall–Kier alpha value is -0.560. The van der Waals surface area contributed by atoms with Gasteiger partial charge in [0.15, 0.2) is 0 Å². The van der Waals surface area contributed by atoms with Gasteiger partial charge in [-0.1, -0.05) is 19.1 Å². The van der Waals surface area contributed by atoms with Crippen LogP contribution in [0.15, 0.2) is 24.8 Å². The maximum absolute atomic E-state index is 9.99. The molecule has 0 spiro atoms. The monoisotopic (exact) mass is 206 g/mol. The van der Waals surface area contributed by atoms with Crippen LogP contribution in [0.1, 0.15) is 38.5 Å². The fourth-order valence-corrected chi connectivity index (χ4v) is 3.41. The Balaban J connectivity index is 1.88. The van der Waals surface area contributed by atoms with Gasteiger partial charge < -0.3 is 5.11 Å². The molecule has 2 aliphatic rings. The first-order valence-corrected chi connectivity index (χ1v) is 6.20. The van der Waals surface area contributed by atoms with Crippen molar-refractivity contribution in [2.45, 2.75) is 44.6 Å². The van der Waals surface area contributed by atoms with Gasteiger partial charge in [0.25, 0.3) is 0 Å². The Morgan fingerprint density at radius 3 is 2.73 bits per heavy atom. The molecule has 0 amide bonds. The number of rotatable bonds is 5. The van der Waals surface area contributed by atoms with Crippen LogP contribution in [0, 0.1) is 17.8 Å². The Labute approximate surface area is 92.9 Å². The van der Waals surface area contributed by atoms with Crippen molar-refractivity contribution in [2.75, 3.05) is 0 Å². The summed E-state index contributed by atoms with van der Waals surface area (Å²) in [6.45, 7) is 7.81. The SMILES string of the molecule is C=CCCC(O)C(=C)C1CC2CCC1C2. The molecular weight excluding hydrogens is 184 g/mol. The second-order valence-corrected chi connectivity index (χ2v) is 5.24. The summed E-state index contributed by atoms with van der Waals surface area (Å²) >= 11 is 0. The summed E-state index contributed by atoms with van der Waals surface area (Å²) in [5.74, 6) is 2.38. The molecule has 0 aliphatic heterocycles. The minimum Gasteiger partial charge on any atom is -0.389 e. The van der Waals surface area contributed by atoms with Crippen LogP contribution in [0.2, 0.25) is 0 Å². The molecule has 2 bridgehead atoms. The molecular formula is C14H22O. The third kappa shape index (κ3) is 2.17. The lowest BCUT2D eigenvalue weighted by molar-refractivity contribution is 0.177.